The zero-order valence-corrected chi connectivity index (χ0v) is 13.8. The Labute approximate surface area is 137 Å². The van der Waals surface area contributed by atoms with Gasteiger partial charge in [-0.05, 0) is 57.7 Å². The van der Waals surface area contributed by atoms with Crippen molar-refractivity contribution < 1.29 is 0 Å². The van der Waals surface area contributed by atoms with Crippen molar-refractivity contribution in [3.05, 3.63) is 75.5 Å². The number of hydrogen-bond acceptors (Lipinski definition) is 2. The Hall–Kier alpha value is -1.42. The number of pyridine rings is 1. The molecule has 106 valence electrons. The first-order valence-corrected chi connectivity index (χ1v) is 7.82. The van der Waals surface area contributed by atoms with E-state index in [4.69, 9.17) is 11.6 Å². The lowest BCUT2D eigenvalue weighted by molar-refractivity contribution is 0.696. The molecule has 1 unspecified atom stereocenters. The average molecular weight is 362 g/mol. The van der Waals surface area contributed by atoms with E-state index in [1.165, 1.54) is 10.9 Å². The van der Waals surface area contributed by atoms with Crippen molar-refractivity contribution in [1.82, 2.24) is 10.3 Å². The first-order chi connectivity index (χ1) is 10.2. The lowest BCUT2D eigenvalue weighted by Gasteiger charge is -2.19. The molecule has 0 saturated heterocycles. The van der Waals surface area contributed by atoms with Gasteiger partial charge >= 0.3 is 0 Å². The molecule has 0 radical (unpaired) electrons. The molecule has 0 aliphatic carbocycles. The fraction of sp³-hybridized carbons (Fsp3) is 0.118. The number of benzene rings is 2. The number of halogens is 2. The van der Waals surface area contributed by atoms with Crippen LogP contribution in [0, 0.1) is 0 Å². The molecule has 0 aliphatic rings. The molecular weight excluding hydrogens is 348 g/mol. The quantitative estimate of drug-likeness (QED) is 0.713. The van der Waals surface area contributed by atoms with Gasteiger partial charge in [0.1, 0.15) is 0 Å². The molecule has 3 rings (SSSR count). The van der Waals surface area contributed by atoms with Gasteiger partial charge in [0, 0.05) is 22.3 Å². The van der Waals surface area contributed by atoms with E-state index in [1.807, 2.05) is 31.6 Å². The minimum Gasteiger partial charge on any atom is -0.309 e. The van der Waals surface area contributed by atoms with E-state index in [2.05, 4.69) is 56.6 Å². The first-order valence-electron chi connectivity index (χ1n) is 6.65. The van der Waals surface area contributed by atoms with Gasteiger partial charge in [-0.25, -0.2) is 0 Å². The summed E-state index contributed by atoms with van der Waals surface area (Å²) in [5.41, 5.74) is 2.39. The van der Waals surface area contributed by atoms with E-state index in [9.17, 15) is 0 Å². The van der Waals surface area contributed by atoms with Crippen molar-refractivity contribution in [2.75, 3.05) is 7.05 Å². The van der Waals surface area contributed by atoms with Gasteiger partial charge in [-0.3, -0.25) is 4.98 Å². The second-order valence-electron chi connectivity index (χ2n) is 4.84. The highest BCUT2D eigenvalue weighted by atomic mass is 79.9. The number of rotatable bonds is 3. The molecule has 0 fully saturated rings. The summed E-state index contributed by atoms with van der Waals surface area (Å²) in [5, 5.41) is 6.46. The van der Waals surface area contributed by atoms with Crippen molar-refractivity contribution in [1.29, 1.82) is 0 Å². The Kier molecular flexibility index (Phi) is 4.24. The maximum atomic E-state index is 6.09. The van der Waals surface area contributed by atoms with Crippen LogP contribution in [0.2, 0.25) is 5.02 Å². The predicted octanol–water partition coefficient (Wildman–Crippen LogP) is 4.96. The molecule has 21 heavy (non-hydrogen) atoms. The van der Waals surface area contributed by atoms with Crippen LogP contribution in [0.5, 0.6) is 0 Å². The Balaban J connectivity index is 2.16. The summed E-state index contributed by atoms with van der Waals surface area (Å²) in [6.45, 7) is 0. The van der Waals surface area contributed by atoms with Gasteiger partial charge in [-0.1, -0.05) is 35.9 Å². The van der Waals surface area contributed by atoms with Crippen molar-refractivity contribution in [3.63, 3.8) is 0 Å². The number of nitrogens with one attached hydrogen (secondary N) is 1. The van der Waals surface area contributed by atoms with Crippen LogP contribution in [0.1, 0.15) is 17.2 Å². The number of nitrogens with zero attached hydrogens (tertiary/aromatic N) is 1. The molecule has 3 aromatic rings. The van der Waals surface area contributed by atoms with Gasteiger partial charge in [0.25, 0.3) is 0 Å². The van der Waals surface area contributed by atoms with Crippen LogP contribution < -0.4 is 5.32 Å². The van der Waals surface area contributed by atoms with Crippen molar-refractivity contribution in [2.45, 2.75) is 6.04 Å². The zero-order valence-electron chi connectivity index (χ0n) is 11.5. The summed E-state index contributed by atoms with van der Waals surface area (Å²) in [4.78, 5) is 4.19. The van der Waals surface area contributed by atoms with Crippen molar-refractivity contribution in [2.24, 2.45) is 0 Å². The largest absolute Gasteiger partial charge is 0.309 e. The van der Waals surface area contributed by atoms with Crippen LogP contribution in [-0.4, -0.2) is 12.0 Å². The molecule has 2 nitrogen and oxygen atoms in total. The Morgan fingerprint density at radius 3 is 2.81 bits per heavy atom. The number of fused-ring (bicyclic) bond motifs is 1. The van der Waals surface area contributed by atoms with E-state index in [0.29, 0.717) is 0 Å². The van der Waals surface area contributed by atoms with E-state index in [-0.39, 0.29) is 6.04 Å². The zero-order chi connectivity index (χ0) is 14.8. The minimum absolute atomic E-state index is 0.102. The van der Waals surface area contributed by atoms with Gasteiger partial charge in [-0.2, -0.15) is 0 Å². The molecule has 2 aromatic carbocycles. The monoisotopic (exact) mass is 360 g/mol. The van der Waals surface area contributed by atoms with Crippen LogP contribution in [0.15, 0.2) is 59.3 Å². The standard InChI is InChI=1S/C17H14BrClN2/c1-20-17(11-5-6-16(19)15(18)9-11)14-4-2-3-12-10-21-8-7-13(12)14/h2-10,17,20H,1H3. The molecule has 0 aliphatic heterocycles. The smallest absolute Gasteiger partial charge is 0.0580 e. The van der Waals surface area contributed by atoms with Gasteiger partial charge in [0.15, 0.2) is 0 Å². The van der Waals surface area contributed by atoms with Crippen LogP contribution in [-0.2, 0) is 0 Å². The maximum absolute atomic E-state index is 6.09. The molecule has 0 spiro atoms. The molecule has 1 N–H and O–H groups in total. The number of aromatic nitrogens is 1. The number of hydrogen-bond donors (Lipinski definition) is 1. The summed E-state index contributed by atoms with van der Waals surface area (Å²) in [5.74, 6) is 0. The Morgan fingerprint density at radius 1 is 1.19 bits per heavy atom. The third-order valence-electron chi connectivity index (χ3n) is 3.59. The predicted molar refractivity (Wildman–Crippen MR) is 91.8 cm³/mol. The van der Waals surface area contributed by atoms with Gasteiger partial charge in [-0.15, -0.1) is 0 Å². The summed E-state index contributed by atoms with van der Waals surface area (Å²) in [7, 11) is 1.97. The lowest BCUT2D eigenvalue weighted by Crippen LogP contribution is -2.18. The van der Waals surface area contributed by atoms with E-state index < -0.39 is 0 Å². The molecule has 4 heteroatoms. The van der Waals surface area contributed by atoms with Crippen molar-refractivity contribution >= 4 is 38.3 Å². The van der Waals surface area contributed by atoms with Gasteiger partial charge < -0.3 is 5.32 Å². The second-order valence-corrected chi connectivity index (χ2v) is 6.10. The second kappa shape index (κ2) is 6.14. The fourth-order valence-corrected chi connectivity index (χ4v) is 3.11. The van der Waals surface area contributed by atoms with Crippen molar-refractivity contribution in [3.8, 4) is 0 Å². The van der Waals surface area contributed by atoms with E-state index in [1.54, 1.807) is 0 Å². The summed E-state index contributed by atoms with van der Waals surface area (Å²) in [6, 6.07) is 14.5. The molecule has 1 aromatic heterocycles. The Bertz CT molecular complexity index is 783. The van der Waals surface area contributed by atoms with Crippen LogP contribution in [0.4, 0.5) is 0 Å². The summed E-state index contributed by atoms with van der Waals surface area (Å²) < 4.78 is 0.906. The van der Waals surface area contributed by atoms with Gasteiger partial charge in [0.05, 0.1) is 11.1 Å². The SMILES string of the molecule is CNC(c1ccc(Cl)c(Br)c1)c1cccc2cnccc12. The van der Waals surface area contributed by atoms with Crippen LogP contribution >= 0.6 is 27.5 Å². The topological polar surface area (TPSA) is 24.9 Å². The van der Waals surface area contributed by atoms with E-state index in [0.717, 1.165) is 20.4 Å². The third kappa shape index (κ3) is 2.82. The molecule has 1 heterocycles. The average Bonchev–Trinajstić information content (AvgIpc) is 2.52. The van der Waals surface area contributed by atoms with Gasteiger partial charge in [0.2, 0.25) is 0 Å². The highest BCUT2D eigenvalue weighted by Crippen LogP contribution is 2.32. The molecular formula is C17H14BrClN2. The van der Waals surface area contributed by atoms with Crippen LogP contribution in [0.25, 0.3) is 10.8 Å². The third-order valence-corrected chi connectivity index (χ3v) is 4.81. The maximum Gasteiger partial charge on any atom is 0.0580 e. The molecule has 0 saturated carbocycles. The minimum atomic E-state index is 0.102. The van der Waals surface area contributed by atoms with Crippen LogP contribution in [0.3, 0.4) is 0 Å². The summed E-state index contributed by atoms with van der Waals surface area (Å²) in [6.07, 6.45) is 3.72. The summed E-state index contributed by atoms with van der Waals surface area (Å²) >= 11 is 9.59. The highest BCUT2D eigenvalue weighted by Gasteiger charge is 2.15. The lowest BCUT2D eigenvalue weighted by atomic mass is 9.94. The Morgan fingerprint density at radius 2 is 2.05 bits per heavy atom. The molecule has 0 amide bonds. The van der Waals surface area contributed by atoms with E-state index >= 15 is 0 Å². The first kappa shape index (κ1) is 14.5. The molecule has 1 atom stereocenters. The fourth-order valence-electron chi connectivity index (χ4n) is 2.59. The normalized spacial score (nSPS) is 12.5. The highest BCUT2D eigenvalue weighted by molar-refractivity contribution is 9.10. The molecule has 0 bridgehead atoms.